The van der Waals surface area contributed by atoms with E-state index >= 15 is 0 Å². The zero-order valence-electron chi connectivity index (χ0n) is 32.8. The lowest BCUT2D eigenvalue weighted by Crippen LogP contribution is -2.49. The molecule has 8 heteroatoms. The number of fused-ring (bicyclic) bond motifs is 1. The highest BCUT2D eigenvalue weighted by molar-refractivity contribution is 7.80. The van der Waals surface area contributed by atoms with E-state index in [1.807, 2.05) is 13.2 Å². The van der Waals surface area contributed by atoms with Gasteiger partial charge in [-0.2, -0.15) is 0 Å². The second-order valence-corrected chi connectivity index (χ2v) is 29.0. The van der Waals surface area contributed by atoms with Crippen LogP contribution in [0.2, 0.25) is 36.3 Å². The Balaban J connectivity index is 2.09. The summed E-state index contributed by atoms with van der Waals surface area (Å²) >= 11 is -2.04. The van der Waals surface area contributed by atoms with Crippen LogP contribution in [-0.2, 0) is 24.7 Å². The van der Waals surface area contributed by atoms with Crippen molar-refractivity contribution in [3.05, 3.63) is 35.5 Å². The highest BCUT2D eigenvalue weighted by Gasteiger charge is 2.52. The molecule has 3 rings (SSSR count). The van der Waals surface area contributed by atoms with Crippen LogP contribution in [-0.4, -0.2) is 56.1 Å². The third-order valence-electron chi connectivity index (χ3n) is 13.5. The largest absolute Gasteiger partial charge is 0.414 e. The molecule has 3 aliphatic rings. The van der Waals surface area contributed by atoms with E-state index in [1.165, 1.54) is 24.0 Å². The lowest BCUT2D eigenvalue weighted by atomic mass is 9.60. The maximum Gasteiger partial charge on any atom is 0.192 e. The molecule has 0 amide bonds. The minimum atomic E-state index is -2.12. The second-order valence-electron chi connectivity index (χ2n) is 18.4. The number of hydrogen-bond donors (Lipinski definition) is 1. The minimum Gasteiger partial charge on any atom is -0.414 e. The summed E-state index contributed by atoms with van der Waals surface area (Å²) < 4.78 is 44.9. The smallest absolute Gasteiger partial charge is 0.192 e. The lowest BCUT2D eigenvalue weighted by Gasteiger charge is -2.47. The summed E-state index contributed by atoms with van der Waals surface area (Å²) in [6.07, 6.45) is 13.2. The summed E-state index contributed by atoms with van der Waals surface area (Å²) in [5.41, 5.74) is 3.90. The molecule has 0 aromatic rings. The number of ether oxygens (including phenoxy) is 1. The molecule has 2 saturated carbocycles. The number of methoxy groups -OCH3 is 1. The maximum atomic E-state index is 13.5. The van der Waals surface area contributed by atoms with Gasteiger partial charge in [-0.3, -0.25) is 0 Å². The van der Waals surface area contributed by atoms with E-state index in [0.717, 1.165) is 44.1 Å². The fraction of sp³-hybridized carbons (Fsp3) is 0.846. The Hall–Kier alpha value is -0.356. The van der Waals surface area contributed by atoms with Gasteiger partial charge in [-0.15, -0.1) is 6.58 Å². The maximum absolute atomic E-state index is 13.5. The van der Waals surface area contributed by atoms with E-state index in [1.54, 1.807) is 0 Å². The van der Waals surface area contributed by atoms with E-state index in [9.17, 15) is 8.76 Å². The van der Waals surface area contributed by atoms with E-state index in [4.69, 9.17) is 13.6 Å². The van der Waals surface area contributed by atoms with Crippen LogP contribution < -0.4 is 0 Å². The average molecular weight is 709 g/mol. The van der Waals surface area contributed by atoms with Crippen LogP contribution in [0, 0.1) is 23.2 Å². The van der Waals surface area contributed by atoms with Crippen LogP contribution in [0.4, 0.5) is 0 Å². The summed E-state index contributed by atoms with van der Waals surface area (Å²) in [6, 6.07) is 0. The van der Waals surface area contributed by atoms with Crippen LogP contribution in [0.3, 0.4) is 0 Å². The third-order valence-corrected chi connectivity index (χ3v) is 23.4. The van der Waals surface area contributed by atoms with Gasteiger partial charge in [-0.25, -0.2) is 4.21 Å². The molecule has 0 aromatic heterocycles. The molecule has 3 aliphatic carbocycles. The van der Waals surface area contributed by atoms with E-state index in [0.29, 0.717) is 24.2 Å². The van der Waals surface area contributed by atoms with E-state index < -0.39 is 33.0 Å². The van der Waals surface area contributed by atoms with Crippen LogP contribution in [0.15, 0.2) is 35.5 Å². The van der Waals surface area contributed by atoms with Crippen molar-refractivity contribution in [2.24, 2.45) is 23.2 Å². The van der Waals surface area contributed by atoms with Crippen molar-refractivity contribution in [2.45, 2.75) is 180 Å². The number of hydrogen-bond acceptors (Lipinski definition) is 4. The van der Waals surface area contributed by atoms with Crippen molar-refractivity contribution in [1.82, 2.24) is 0 Å². The summed E-state index contributed by atoms with van der Waals surface area (Å²) in [4.78, 5) is 0. The SMILES string of the molecule is C=CCC(OC)[C@H](C)C1CCC2/C(=C/C(C3=C(CC)C(O[Si](C)(C)C(C)(C)C)CC(O[Si](C)(C)C(C)(C)C)C3)S(=O)O)CCC[C@@]21C. The first-order chi connectivity index (χ1) is 21.5. The van der Waals surface area contributed by atoms with Gasteiger partial charge in [0, 0.05) is 13.5 Å². The molecular weight excluding hydrogens is 637 g/mol. The summed E-state index contributed by atoms with van der Waals surface area (Å²) in [5.74, 6) is 1.43. The van der Waals surface area contributed by atoms with Crippen molar-refractivity contribution in [3.63, 3.8) is 0 Å². The van der Waals surface area contributed by atoms with Gasteiger partial charge >= 0.3 is 0 Å². The van der Waals surface area contributed by atoms with Crippen LogP contribution in [0.5, 0.6) is 0 Å². The van der Waals surface area contributed by atoms with Crippen molar-refractivity contribution >= 4 is 27.7 Å². The normalized spacial score (nSPS) is 31.4. The number of rotatable bonds is 13. The van der Waals surface area contributed by atoms with Gasteiger partial charge < -0.3 is 18.1 Å². The van der Waals surface area contributed by atoms with Crippen LogP contribution >= 0.6 is 0 Å². The molecule has 0 heterocycles. The Labute approximate surface area is 294 Å². The lowest BCUT2D eigenvalue weighted by molar-refractivity contribution is -0.00351. The zero-order chi connectivity index (χ0) is 35.8. The summed E-state index contributed by atoms with van der Waals surface area (Å²) in [5, 5.41) is -0.395. The predicted molar refractivity (Wildman–Crippen MR) is 206 cm³/mol. The third kappa shape index (κ3) is 8.93. The second kappa shape index (κ2) is 15.5. The van der Waals surface area contributed by atoms with Crippen molar-refractivity contribution in [3.8, 4) is 0 Å². The average Bonchev–Trinajstić information content (AvgIpc) is 3.29. The molecule has 47 heavy (non-hydrogen) atoms. The molecule has 9 atom stereocenters. The molecule has 5 nitrogen and oxygen atoms in total. The minimum absolute atomic E-state index is 0.0235. The van der Waals surface area contributed by atoms with Gasteiger partial charge in [0.15, 0.2) is 27.7 Å². The highest BCUT2D eigenvalue weighted by Crippen LogP contribution is 2.60. The predicted octanol–water partition coefficient (Wildman–Crippen LogP) is 11.2. The Morgan fingerprint density at radius 2 is 1.66 bits per heavy atom. The summed E-state index contributed by atoms with van der Waals surface area (Å²) in [6.45, 7) is 34.1. The van der Waals surface area contributed by atoms with Crippen LogP contribution in [0.25, 0.3) is 0 Å². The number of allylic oxidation sites excluding steroid dienone is 1. The van der Waals surface area contributed by atoms with Gasteiger partial charge in [0.2, 0.25) is 0 Å². The van der Waals surface area contributed by atoms with Gasteiger partial charge in [0.05, 0.1) is 18.3 Å². The van der Waals surface area contributed by atoms with E-state index in [2.05, 4.69) is 101 Å². The molecule has 0 saturated heterocycles. The topological polar surface area (TPSA) is 65.0 Å². The summed E-state index contributed by atoms with van der Waals surface area (Å²) in [7, 11) is -2.37. The molecule has 2 fully saturated rings. The molecule has 0 spiro atoms. The zero-order valence-corrected chi connectivity index (χ0v) is 35.6. The van der Waals surface area contributed by atoms with Gasteiger partial charge in [0.25, 0.3) is 0 Å². The van der Waals surface area contributed by atoms with Crippen molar-refractivity contribution in [1.29, 1.82) is 0 Å². The first-order valence-electron chi connectivity index (χ1n) is 18.6. The molecule has 7 unspecified atom stereocenters. The standard InChI is InChI=1S/C39H72O5SSi2/c1-16-19-34(42-11)27(3)32-21-22-33-28(20-18-23-39(32,33)10)24-36(45(40)41)31-25-29(43-46(12,13)37(4,5)6)26-35(30(31)17-2)44-47(14,15)38(7,8)9/h16,24,27,29,32-36H,1,17-23,25-26H2,2-15H3,(H,40,41)/b28-24+/t27-,29?,32?,33?,34?,35?,36?,39-/m1/s1. The molecule has 0 bridgehead atoms. The van der Waals surface area contributed by atoms with Crippen molar-refractivity contribution in [2.75, 3.05) is 7.11 Å². The first kappa shape index (κ1) is 41.1. The fourth-order valence-electron chi connectivity index (χ4n) is 8.70. The molecule has 0 radical (unpaired) electrons. The van der Waals surface area contributed by atoms with E-state index in [-0.39, 0.29) is 33.8 Å². The monoisotopic (exact) mass is 708 g/mol. The fourth-order valence-corrected chi connectivity index (χ4v) is 12.2. The van der Waals surface area contributed by atoms with Crippen molar-refractivity contribution < 1.29 is 22.4 Å². The molecule has 0 aromatic carbocycles. The molecule has 1 N–H and O–H groups in total. The molecule has 0 aliphatic heterocycles. The Kier molecular flexibility index (Phi) is 13.5. The Morgan fingerprint density at radius 1 is 1.06 bits per heavy atom. The van der Waals surface area contributed by atoms with Gasteiger partial charge in [-0.05, 0) is 122 Å². The highest BCUT2D eigenvalue weighted by atomic mass is 32.2. The van der Waals surface area contributed by atoms with Gasteiger partial charge in [-0.1, -0.05) is 80.0 Å². The van der Waals surface area contributed by atoms with Crippen LogP contribution in [0.1, 0.15) is 120 Å². The van der Waals surface area contributed by atoms with Gasteiger partial charge in [0.1, 0.15) is 5.25 Å². The molecular formula is C39H72O5SSi2. The first-order valence-corrected chi connectivity index (χ1v) is 25.5. The Morgan fingerprint density at radius 3 is 2.17 bits per heavy atom. The Bertz CT molecular complexity index is 1180. The quantitative estimate of drug-likeness (QED) is 0.117. The molecule has 272 valence electrons.